The number of hydrogen-bond donors (Lipinski definition) is 0. The molecule has 0 N–H and O–H groups in total. The number of fused-ring (bicyclic) bond motifs is 6. The van der Waals surface area contributed by atoms with Crippen molar-refractivity contribution in [3.8, 4) is 0 Å². The van der Waals surface area contributed by atoms with Gasteiger partial charge in [0.25, 0.3) is 39.5 Å². The summed E-state index contributed by atoms with van der Waals surface area (Å²) >= 11 is 0. The van der Waals surface area contributed by atoms with Gasteiger partial charge in [-0.1, -0.05) is 24.3 Å². The molecular formula is C51H59N11O5+6. The number of aryl methyl sites for hydroxylation is 12. The standard InChI is InChI=1S/C10H13N2.C9H10NO.4C8H9N2O/c1-8-11(2)9-6-4-5-7-10(9)12(8)3;1-7-10(2)8-5-3-4-6-9(8)11-7;1-6-10(2)7-5-9-4-3-8(7)11-6;1-6-10(2)7-3-4-9-5-8(7)11-6;1-6-10(2)8-7(11-6)4-3-5-9-8;1-6-10(2)7-4-3-5-9-8(7)11-6/h4-7H,1-3H3;3-6H,1-2H3;4*3-5H,1-2H3/q6*+1. The van der Waals surface area contributed by atoms with E-state index < -0.39 is 0 Å². The van der Waals surface area contributed by atoms with Crippen LogP contribution in [-0.2, 0) is 49.3 Å². The largest absolute Gasteiger partial charge is 0.417 e. The van der Waals surface area contributed by atoms with Crippen LogP contribution in [0.1, 0.15) is 35.3 Å². The normalized spacial score (nSPS) is 10.8. The molecule has 0 aliphatic carbocycles. The van der Waals surface area contributed by atoms with Crippen molar-refractivity contribution in [1.82, 2.24) is 24.5 Å². The van der Waals surface area contributed by atoms with E-state index >= 15 is 0 Å². The molecule has 342 valence electrons. The summed E-state index contributed by atoms with van der Waals surface area (Å²) in [5, 5.41) is 0. The Balaban J connectivity index is 0.000000119. The summed E-state index contributed by atoms with van der Waals surface area (Å²) in [5.41, 5.74) is 12.0. The van der Waals surface area contributed by atoms with E-state index in [1.54, 1.807) is 37.2 Å². The Hall–Kier alpha value is -8.14. The number of oxazole rings is 5. The molecule has 0 atom stereocenters. The van der Waals surface area contributed by atoms with Crippen LogP contribution in [0.25, 0.3) is 66.8 Å². The van der Waals surface area contributed by atoms with Crippen molar-refractivity contribution in [2.24, 2.45) is 49.3 Å². The highest BCUT2D eigenvalue weighted by Crippen LogP contribution is 2.14. The Labute approximate surface area is 387 Å². The summed E-state index contributed by atoms with van der Waals surface area (Å²) in [6, 6.07) is 27.9. The molecule has 16 nitrogen and oxygen atoms in total. The van der Waals surface area contributed by atoms with E-state index in [0.717, 1.165) is 79.5 Å². The molecule has 16 heteroatoms. The van der Waals surface area contributed by atoms with Crippen molar-refractivity contribution in [2.45, 2.75) is 41.5 Å². The first-order chi connectivity index (χ1) is 32.2. The minimum absolute atomic E-state index is 0.701. The van der Waals surface area contributed by atoms with Gasteiger partial charge in [0.2, 0.25) is 22.3 Å². The zero-order valence-electron chi connectivity index (χ0n) is 40.5. The lowest BCUT2D eigenvalue weighted by Gasteiger charge is -1.86. The van der Waals surface area contributed by atoms with E-state index in [9.17, 15) is 0 Å². The number of aromatic nitrogens is 11. The van der Waals surface area contributed by atoms with E-state index in [4.69, 9.17) is 22.1 Å². The lowest BCUT2D eigenvalue weighted by molar-refractivity contribution is -0.658. The predicted octanol–water partition coefficient (Wildman–Crippen LogP) is 6.72. The lowest BCUT2D eigenvalue weighted by atomic mass is 10.3. The van der Waals surface area contributed by atoms with Gasteiger partial charge < -0.3 is 22.1 Å². The predicted molar refractivity (Wildman–Crippen MR) is 251 cm³/mol. The topological polar surface area (TPSA) is 145 Å². The van der Waals surface area contributed by atoms with Crippen LogP contribution in [-0.4, -0.2) is 24.5 Å². The zero-order chi connectivity index (χ0) is 47.9. The van der Waals surface area contributed by atoms with Crippen molar-refractivity contribution in [3.05, 3.63) is 157 Å². The maximum absolute atomic E-state index is 5.46. The number of hydrogen-bond acceptors (Lipinski definition) is 9. The van der Waals surface area contributed by atoms with Gasteiger partial charge >= 0.3 is 29.2 Å². The first-order valence-electron chi connectivity index (χ1n) is 21.7. The van der Waals surface area contributed by atoms with Gasteiger partial charge in [0, 0.05) is 56.7 Å². The number of pyridine rings is 4. The number of rotatable bonds is 0. The zero-order valence-corrected chi connectivity index (χ0v) is 40.5. The monoisotopic (exact) mass is 905 g/mol. The highest BCUT2D eigenvalue weighted by Gasteiger charge is 2.17. The van der Waals surface area contributed by atoms with Crippen LogP contribution in [0.2, 0.25) is 0 Å². The quantitative estimate of drug-likeness (QED) is 0.152. The van der Waals surface area contributed by atoms with Gasteiger partial charge in [-0.05, 0) is 41.4 Å². The Morgan fingerprint density at radius 3 is 1.51 bits per heavy atom. The number of para-hydroxylation sites is 4. The summed E-state index contributed by atoms with van der Waals surface area (Å²) in [6.45, 7) is 11.8. The smallest absolute Gasteiger partial charge is 0.368 e. The first kappa shape index (κ1) is 46.8. The molecule has 10 aromatic heterocycles. The van der Waals surface area contributed by atoms with Crippen molar-refractivity contribution in [2.75, 3.05) is 0 Å². The molecule has 0 aliphatic rings. The molecule has 0 unspecified atom stereocenters. The molecule has 0 amide bonds. The van der Waals surface area contributed by atoms with Gasteiger partial charge in [-0.2, -0.15) is 22.8 Å². The molecule has 0 saturated carbocycles. The molecule has 10 heterocycles. The van der Waals surface area contributed by atoms with Gasteiger partial charge in [-0.3, -0.25) is 9.97 Å². The fourth-order valence-electron chi connectivity index (χ4n) is 7.24. The maximum atomic E-state index is 5.46. The summed E-state index contributed by atoms with van der Waals surface area (Å²) in [7, 11) is 14.0. The maximum Gasteiger partial charge on any atom is 0.368 e. The van der Waals surface area contributed by atoms with E-state index in [2.05, 4.69) is 74.4 Å². The molecule has 12 aromatic rings. The minimum Gasteiger partial charge on any atom is -0.417 e. The third-order valence-corrected chi connectivity index (χ3v) is 11.9. The highest BCUT2D eigenvalue weighted by atomic mass is 16.4. The molecule has 2 aromatic carbocycles. The molecule has 0 radical (unpaired) electrons. The van der Waals surface area contributed by atoms with Crippen molar-refractivity contribution < 1.29 is 49.5 Å². The van der Waals surface area contributed by atoms with Gasteiger partial charge in [-0.15, -0.1) is 0 Å². The van der Waals surface area contributed by atoms with Crippen molar-refractivity contribution in [1.29, 1.82) is 0 Å². The average Bonchev–Trinajstić information content (AvgIpc) is 4.13. The summed E-state index contributed by atoms with van der Waals surface area (Å²) in [6.07, 6.45) is 10.5. The second-order valence-corrected chi connectivity index (χ2v) is 15.9. The number of benzene rings is 2. The second kappa shape index (κ2) is 20.4. The molecule has 12 rings (SSSR count). The molecule has 0 aliphatic heterocycles. The number of nitrogens with zero attached hydrogens (tertiary/aromatic N) is 11. The Bertz CT molecular complexity index is 3120. The highest BCUT2D eigenvalue weighted by molar-refractivity contribution is 5.72. The second-order valence-electron chi connectivity index (χ2n) is 15.9. The Kier molecular flexibility index (Phi) is 14.2. The lowest BCUT2D eigenvalue weighted by Crippen LogP contribution is -2.30. The van der Waals surface area contributed by atoms with Gasteiger partial charge in [-0.25, -0.2) is 14.1 Å². The minimum atomic E-state index is 0.701. The van der Waals surface area contributed by atoms with Crippen LogP contribution >= 0.6 is 0 Å². The van der Waals surface area contributed by atoms with Gasteiger partial charge in [0.1, 0.15) is 40.6 Å². The molecule has 0 saturated heterocycles. The summed E-state index contributed by atoms with van der Waals surface area (Å²) in [5.74, 6) is 5.75. The van der Waals surface area contributed by atoms with E-state index in [-0.39, 0.29) is 0 Å². The van der Waals surface area contributed by atoms with Crippen LogP contribution in [0, 0.1) is 41.5 Å². The Morgan fingerprint density at radius 1 is 0.388 bits per heavy atom. The molecule has 67 heavy (non-hydrogen) atoms. The van der Waals surface area contributed by atoms with Crippen LogP contribution in [0.15, 0.2) is 144 Å². The fourth-order valence-corrected chi connectivity index (χ4v) is 7.24. The molecule has 0 fully saturated rings. The van der Waals surface area contributed by atoms with Crippen molar-refractivity contribution >= 4 is 66.8 Å². The van der Waals surface area contributed by atoms with E-state index in [1.165, 1.54) is 16.9 Å². The van der Waals surface area contributed by atoms with E-state index in [0.29, 0.717) is 5.71 Å². The van der Waals surface area contributed by atoms with Crippen LogP contribution in [0.5, 0.6) is 0 Å². The molecule has 0 bridgehead atoms. The average molecular weight is 906 g/mol. The third-order valence-electron chi connectivity index (χ3n) is 11.9. The summed E-state index contributed by atoms with van der Waals surface area (Å²) in [4.78, 5) is 16.2. The van der Waals surface area contributed by atoms with Gasteiger partial charge in [0.05, 0.1) is 55.0 Å². The van der Waals surface area contributed by atoms with Crippen LogP contribution < -0.4 is 27.4 Å². The third kappa shape index (κ3) is 10.1. The SMILES string of the molecule is Cc1n(C)c2ccccc2[n+]1C.Cc1oc2ccccc2[n+]1C.Cc1oc2cccnc2[n+]1C.Cc1oc2ccncc2[n+]1C.Cc1oc2cnccc2[n+]1C.Cc1oc2ncccc2[n+]1C. The Morgan fingerprint density at radius 2 is 0.866 bits per heavy atom. The van der Waals surface area contributed by atoms with Crippen LogP contribution in [0.4, 0.5) is 0 Å². The molecule has 0 spiro atoms. The fraction of sp³-hybridized carbons (Fsp3) is 0.255. The van der Waals surface area contributed by atoms with Crippen LogP contribution in [0.3, 0.4) is 0 Å². The summed E-state index contributed by atoms with van der Waals surface area (Å²) < 4.78 is 41.3. The first-order valence-corrected chi connectivity index (χ1v) is 21.7. The van der Waals surface area contributed by atoms with Gasteiger partial charge in [0.15, 0.2) is 11.0 Å². The number of imidazole rings is 1. The molecular weight excluding hydrogens is 847 g/mol. The van der Waals surface area contributed by atoms with Crippen molar-refractivity contribution in [3.63, 3.8) is 0 Å². The van der Waals surface area contributed by atoms with E-state index in [1.807, 2.05) is 153 Å².